The van der Waals surface area contributed by atoms with Crippen LogP contribution >= 0.6 is 104 Å². The molecule has 590 valence electrons. The number of Topliss-reactive ketones (excluding diaryl/α,β-unsaturated/α-hetero) is 1. The number of pyridine rings is 5. The molecule has 6 heterocycles. The van der Waals surface area contributed by atoms with Gasteiger partial charge in [0.05, 0.1) is 45.5 Å². The third kappa shape index (κ3) is 21.7. The number of nitrogens with one attached hydrogen (secondary N) is 2. The van der Waals surface area contributed by atoms with Crippen molar-refractivity contribution in [3.63, 3.8) is 0 Å². The molecular weight excluding hydrogens is 1690 g/mol. The number of aliphatic carboxylic acids is 1. The Bertz CT molecular complexity index is 5740. The lowest BCUT2D eigenvalue weighted by molar-refractivity contribution is -0.130. The fourth-order valence-corrected chi connectivity index (χ4v) is 15.1. The van der Waals surface area contributed by atoms with E-state index in [1.807, 2.05) is 115 Å². The Hall–Kier alpha value is -9.81. The van der Waals surface area contributed by atoms with E-state index in [1.54, 1.807) is 92.4 Å². The Balaban J connectivity index is 0.000000134. The summed E-state index contributed by atoms with van der Waals surface area (Å²) in [4.78, 5) is 69.7. The molecule has 1 saturated heterocycles. The maximum Gasteiger partial charge on any atom is 0.336 e. The molecule has 5 aromatic heterocycles. The summed E-state index contributed by atoms with van der Waals surface area (Å²) in [7, 11) is -3.81. The van der Waals surface area contributed by atoms with Crippen LogP contribution in [0.25, 0.3) is 84.0 Å². The first-order valence-electron chi connectivity index (χ1n) is 35.9. The van der Waals surface area contributed by atoms with Gasteiger partial charge in [-0.2, -0.15) is 0 Å². The SMILES string of the molecule is CCCS(=O)(=O)Nc1ccc(F)c(NC(=O)C2=CCc3ncc(-c4ccc(Cl)cc4)cc32)c1F.Clc1ccc(-c2cnc3c(c2)C=CC3)cc1.O=C(C1=CCc2ncc(-c3ccc(Cl)cc3)cc21)C(Cl)(Cl)Cl.O=C(Cl)C1=CCc2ncc(-c3ccc(Cl)cc3)cc21.O=C(O)C1=CCc2ncc(-c3ccc(Cl)cc3)cc21.OC1CCCO1. The smallest absolute Gasteiger partial charge is 0.336 e. The van der Waals surface area contributed by atoms with Crippen molar-refractivity contribution in [2.45, 2.75) is 68.4 Å². The summed E-state index contributed by atoms with van der Waals surface area (Å²) in [6.07, 6.45) is 24.9. The third-order valence-electron chi connectivity index (χ3n) is 18.7. The number of allylic oxidation sites excluding steroid dienone is 7. The van der Waals surface area contributed by atoms with Crippen molar-refractivity contribution in [1.29, 1.82) is 0 Å². The molecule has 6 aromatic carbocycles. The number of hydrogen-bond donors (Lipinski definition) is 4. The van der Waals surface area contributed by atoms with E-state index in [2.05, 4.69) is 53.2 Å². The number of nitrogens with zero attached hydrogens (tertiary/aromatic N) is 5. The van der Waals surface area contributed by atoms with Gasteiger partial charge >= 0.3 is 5.97 Å². The summed E-state index contributed by atoms with van der Waals surface area (Å²) in [5, 5.41) is 22.8. The van der Waals surface area contributed by atoms with Crippen molar-refractivity contribution in [1.82, 2.24) is 24.9 Å². The van der Waals surface area contributed by atoms with Crippen LogP contribution in [0.4, 0.5) is 20.2 Å². The van der Waals surface area contributed by atoms with Crippen molar-refractivity contribution in [2.24, 2.45) is 0 Å². The van der Waals surface area contributed by atoms with Crippen molar-refractivity contribution in [3.05, 3.63) is 318 Å². The molecule has 116 heavy (non-hydrogen) atoms. The van der Waals surface area contributed by atoms with Crippen LogP contribution in [0.2, 0.25) is 25.1 Å². The van der Waals surface area contributed by atoms with E-state index in [0.717, 1.165) is 127 Å². The minimum atomic E-state index is -3.81. The number of carboxylic acid groups (broad SMARTS) is 1. The van der Waals surface area contributed by atoms with Crippen LogP contribution in [0.15, 0.2) is 225 Å². The number of hydrogen-bond acceptors (Lipinski definition) is 13. The lowest BCUT2D eigenvalue weighted by Crippen LogP contribution is -2.19. The lowest BCUT2D eigenvalue weighted by Gasteiger charge is -2.14. The van der Waals surface area contributed by atoms with Crippen molar-refractivity contribution >= 4 is 177 Å². The number of ketones is 1. The van der Waals surface area contributed by atoms with Gasteiger partial charge in [0, 0.05) is 168 Å². The number of halogens is 11. The molecule has 1 unspecified atom stereocenters. The summed E-state index contributed by atoms with van der Waals surface area (Å²) >= 11 is 52.1. The summed E-state index contributed by atoms with van der Waals surface area (Å²) in [6.45, 7) is 2.40. The van der Waals surface area contributed by atoms with E-state index < -0.39 is 66.0 Å². The Morgan fingerprint density at radius 2 is 0.871 bits per heavy atom. The molecule has 5 aliphatic carbocycles. The Labute approximate surface area is 712 Å². The van der Waals surface area contributed by atoms with Crippen molar-refractivity contribution in [2.75, 3.05) is 22.4 Å². The fraction of sp³-hybridized carbons (Fsp3) is 0.148. The number of benzene rings is 6. The first kappa shape index (κ1) is 85.6. The molecule has 17 rings (SSSR count). The van der Waals surface area contributed by atoms with E-state index in [1.165, 1.54) is 5.56 Å². The fourth-order valence-electron chi connectivity index (χ4n) is 12.9. The van der Waals surface area contributed by atoms with Gasteiger partial charge in [0.2, 0.25) is 15.8 Å². The average molecular weight is 1750 g/mol. The van der Waals surface area contributed by atoms with Crippen molar-refractivity contribution in [3.8, 4) is 55.6 Å². The number of carbonyl (C=O) groups excluding carboxylic acids is 3. The highest BCUT2D eigenvalue weighted by molar-refractivity contribution is 7.92. The number of aromatic nitrogens is 5. The Morgan fingerprint density at radius 1 is 0.500 bits per heavy atom. The van der Waals surface area contributed by atoms with E-state index in [4.69, 9.17) is 119 Å². The Kier molecular flexibility index (Phi) is 28.4. The van der Waals surface area contributed by atoms with Crippen LogP contribution < -0.4 is 10.0 Å². The minimum absolute atomic E-state index is 0.217. The zero-order valence-corrected chi connectivity index (χ0v) is 68.8. The molecule has 0 saturated carbocycles. The highest BCUT2D eigenvalue weighted by Gasteiger charge is 2.37. The second-order valence-corrected chi connectivity index (χ2v) is 33.2. The monoisotopic (exact) mass is 1750 g/mol. The normalized spacial score (nSPS) is 14.2. The van der Waals surface area contributed by atoms with Crippen LogP contribution in [0, 0.1) is 11.6 Å². The number of anilines is 2. The number of aliphatic hydroxyl groups excluding tert-OH is 1. The number of aliphatic hydroxyl groups is 1. The number of rotatable bonds is 14. The summed E-state index contributed by atoms with van der Waals surface area (Å²) in [5.41, 5.74) is 18.2. The number of carbonyl (C=O) groups is 4. The maximum absolute atomic E-state index is 14.9. The van der Waals surface area contributed by atoms with Gasteiger partial charge in [0.15, 0.2) is 12.1 Å². The summed E-state index contributed by atoms with van der Waals surface area (Å²) in [6, 6.07) is 48.8. The van der Waals surface area contributed by atoms with E-state index in [9.17, 15) is 36.4 Å². The van der Waals surface area contributed by atoms with Crippen LogP contribution in [0.5, 0.6) is 0 Å². The molecule has 1 atom stereocenters. The van der Waals surface area contributed by atoms with Gasteiger partial charge < -0.3 is 20.3 Å². The van der Waals surface area contributed by atoms with Crippen LogP contribution in [0.1, 0.15) is 82.5 Å². The number of amides is 1. The van der Waals surface area contributed by atoms with Crippen molar-refractivity contribution < 1.29 is 51.3 Å². The minimum Gasteiger partial charge on any atom is -0.478 e. The first-order chi connectivity index (χ1) is 55.6. The highest BCUT2D eigenvalue weighted by atomic mass is 35.6. The number of sulfonamides is 1. The second kappa shape index (κ2) is 38.5. The maximum atomic E-state index is 14.9. The zero-order valence-electron chi connectivity index (χ0n) is 61.1. The molecular formula is C88H66Cl9F2N7O9S. The predicted molar refractivity (Wildman–Crippen MR) is 461 cm³/mol. The van der Waals surface area contributed by atoms with E-state index in [0.29, 0.717) is 91.3 Å². The molecule has 1 fully saturated rings. The molecule has 0 radical (unpaired) electrons. The molecule has 11 aromatic rings. The quantitative estimate of drug-likeness (QED) is 0.0585. The number of carboxylic acids is 1. The molecule has 1 amide bonds. The van der Waals surface area contributed by atoms with E-state index >= 15 is 0 Å². The number of alkyl halides is 3. The standard InChI is InChI=1S/C24H20ClF2N3O3S.C16H9Cl4NO.C15H9Cl2NO.C15H10ClNO2.C14H10ClN.C4H8O2/c1-2-11-34(32,33)30-21-10-8-19(26)23(22(21)27)29-24(31)17-7-9-20-18(17)12-15(13-28-20)14-3-5-16(25)6-4-14;17-11-3-1-9(2-4-11)10-7-13-12(15(22)16(18,19)20)5-6-14(13)21-8-10;16-11-3-1-9(2-4-11)10-7-13-12(15(17)19)5-6-14(13)18-8-10;16-11-3-1-9(2-4-11)10-7-13-12(15(18)19)5-6-14(13)17-8-10;15-13-6-4-10(5-7-13)12-8-11-2-1-3-14(11)16-9-12;5-4-2-1-3-6-4/h3-8,10,12-13,30H,2,9,11H2,1H3,(H,29,31);1-5,7-8H,6H2;1-5,7-8H,6H2;1-5,7-8H,6H2,(H,18,19);1-2,4-9H,3H2;4-5H,1-3H2. The predicted octanol–water partition coefficient (Wildman–Crippen LogP) is 22.3. The second-order valence-electron chi connectivity index (χ2n) is 26.6. The largest absolute Gasteiger partial charge is 0.478 e. The Morgan fingerprint density at radius 3 is 1.24 bits per heavy atom. The highest BCUT2D eigenvalue weighted by Crippen LogP contribution is 2.41. The van der Waals surface area contributed by atoms with E-state index in [-0.39, 0.29) is 11.3 Å². The molecule has 0 bridgehead atoms. The molecule has 0 spiro atoms. The van der Waals surface area contributed by atoms with Gasteiger partial charge in [-0.25, -0.2) is 22.0 Å². The number of ether oxygens (including phenoxy) is 1. The summed E-state index contributed by atoms with van der Waals surface area (Å²) < 4.78 is 58.2. The molecule has 6 aliphatic rings. The van der Waals surface area contributed by atoms with Crippen LogP contribution in [-0.2, 0) is 66.0 Å². The molecule has 4 N–H and O–H groups in total. The van der Waals surface area contributed by atoms with Crippen LogP contribution in [0.3, 0.4) is 0 Å². The topological polar surface area (TPSA) is 241 Å². The first-order valence-corrected chi connectivity index (χ1v) is 41.0. The van der Waals surface area contributed by atoms with Gasteiger partial charge in [0.1, 0.15) is 11.5 Å². The van der Waals surface area contributed by atoms with Gasteiger partial charge in [-0.1, -0.05) is 197 Å². The van der Waals surface area contributed by atoms with Gasteiger partial charge in [0.25, 0.3) is 14.9 Å². The van der Waals surface area contributed by atoms with Gasteiger partial charge in [-0.3, -0.25) is 44.0 Å². The number of fused-ring (bicyclic) bond motifs is 5. The van der Waals surface area contributed by atoms with Crippen LogP contribution in [-0.4, -0.2) is 88.9 Å². The average Bonchev–Trinajstić information content (AvgIpc) is 1.62. The summed E-state index contributed by atoms with van der Waals surface area (Å²) in [5.74, 6) is -4.64. The molecule has 1 aliphatic heterocycles. The lowest BCUT2D eigenvalue weighted by atomic mass is 10.0. The molecule has 28 heteroatoms. The van der Waals surface area contributed by atoms with Gasteiger partial charge in [-0.05, 0) is 161 Å². The molecule has 16 nitrogen and oxygen atoms in total. The zero-order chi connectivity index (χ0) is 82.5. The third-order valence-corrected chi connectivity index (χ3v) is 22.2. The van der Waals surface area contributed by atoms with Gasteiger partial charge in [-0.15, -0.1) is 0 Å².